The standard InChI is InChI=1S/C29H30N/c1-3-22(15-14-21-13-12-20(2)30-19-21)28-18-24-9-5-6-10-25(24)27-17-16-23-8-4-7-11-26(23)29(27)28/h3,5-6,8-10,12-13,16-19,22,28H,4,7,11,14-15H2,1-2H3. The third-order valence-corrected chi connectivity index (χ3v) is 6.96. The first-order chi connectivity index (χ1) is 14.7. The van der Waals surface area contributed by atoms with E-state index in [4.69, 9.17) is 0 Å². The van der Waals surface area contributed by atoms with E-state index in [0.717, 1.165) is 18.5 Å². The molecule has 2 aliphatic rings. The Morgan fingerprint density at radius 1 is 1.03 bits per heavy atom. The molecule has 1 aromatic heterocycles. The second-order valence-corrected chi connectivity index (χ2v) is 8.81. The lowest BCUT2D eigenvalue weighted by Crippen LogP contribution is -2.26. The highest BCUT2D eigenvalue weighted by molar-refractivity contribution is 5.52. The van der Waals surface area contributed by atoms with E-state index < -0.39 is 0 Å². The molecule has 2 atom stereocenters. The topological polar surface area (TPSA) is 12.9 Å². The molecule has 1 heterocycles. The van der Waals surface area contributed by atoms with Gasteiger partial charge >= 0.3 is 0 Å². The molecule has 0 aliphatic heterocycles. The summed E-state index contributed by atoms with van der Waals surface area (Å²) in [6.45, 7) is 4.30. The quantitative estimate of drug-likeness (QED) is 0.585. The molecule has 2 aliphatic carbocycles. The maximum atomic E-state index is 4.50. The van der Waals surface area contributed by atoms with Gasteiger partial charge in [-0.25, -0.2) is 0 Å². The highest BCUT2D eigenvalue weighted by Crippen LogP contribution is 2.36. The lowest BCUT2D eigenvalue weighted by atomic mass is 9.74. The summed E-state index contributed by atoms with van der Waals surface area (Å²) in [6.07, 6.45) is 15.4. The Labute approximate surface area is 179 Å². The van der Waals surface area contributed by atoms with Crippen molar-refractivity contribution in [1.29, 1.82) is 0 Å². The van der Waals surface area contributed by atoms with Crippen LogP contribution in [0.1, 0.15) is 54.5 Å². The molecular weight excluding hydrogens is 362 g/mol. The fourth-order valence-electron chi connectivity index (χ4n) is 5.34. The first-order valence-corrected chi connectivity index (χ1v) is 11.4. The number of benzene rings is 2. The fraction of sp³-hybridized carbons (Fsp3) is 0.310. The second-order valence-electron chi connectivity index (χ2n) is 8.81. The normalized spacial score (nSPS) is 17.7. The van der Waals surface area contributed by atoms with Crippen molar-refractivity contribution in [3.8, 4) is 0 Å². The average Bonchev–Trinajstić information content (AvgIpc) is 2.80. The summed E-state index contributed by atoms with van der Waals surface area (Å²) in [5.41, 5.74) is 5.62. The molecule has 0 spiro atoms. The van der Waals surface area contributed by atoms with E-state index in [0.29, 0.717) is 11.8 Å². The average molecular weight is 393 g/mol. The summed E-state index contributed by atoms with van der Waals surface area (Å²) in [6, 6.07) is 18.0. The van der Waals surface area contributed by atoms with E-state index >= 15 is 0 Å². The number of fused-ring (bicyclic) bond motifs is 4. The van der Waals surface area contributed by atoms with Gasteiger partial charge in [-0.2, -0.15) is 0 Å². The van der Waals surface area contributed by atoms with Crippen molar-refractivity contribution in [2.24, 2.45) is 5.92 Å². The van der Waals surface area contributed by atoms with Crippen molar-refractivity contribution in [3.63, 3.8) is 0 Å². The van der Waals surface area contributed by atoms with Crippen LogP contribution in [0, 0.1) is 29.7 Å². The van der Waals surface area contributed by atoms with Gasteiger partial charge in [0.25, 0.3) is 0 Å². The smallest absolute Gasteiger partial charge is 0.0372 e. The first kappa shape index (κ1) is 19.3. The Bertz CT molecular complexity index is 1270. The van der Waals surface area contributed by atoms with Gasteiger partial charge in [-0.05, 0) is 95.0 Å². The third kappa shape index (κ3) is 3.51. The molecule has 3 aromatic rings. The molecule has 0 N–H and O–H groups in total. The van der Waals surface area contributed by atoms with Gasteiger partial charge in [0.1, 0.15) is 0 Å². The van der Waals surface area contributed by atoms with Gasteiger partial charge < -0.3 is 0 Å². The molecule has 0 saturated heterocycles. The Morgan fingerprint density at radius 3 is 2.77 bits per heavy atom. The Kier molecular flexibility index (Phi) is 5.29. The van der Waals surface area contributed by atoms with Gasteiger partial charge in [0.05, 0.1) is 0 Å². The molecule has 30 heavy (non-hydrogen) atoms. The Hall–Kier alpha value is -2.67. The van der Waals surface area contributed by atoms with Gasteiger partial charge in [-0.3, -0.25) is 4.98 Å². The second kappa shape index (κ2) is 8.22. The zero-order valence-corrected chi connectivity index (χ0v) is 18.1. The number of hydrogen-bond donors (Lipinski definition) is 0. The number of nitrogens with zero attached hydrogens (tertiary/aromatic N) is 1. The summed E-state index contributed by atoms with van der Waals surface area (Å²) in [7, 11) is 0. The Morgan fingerprint density at radius 2 is 1.93 bits per heavy atom. The largest absolute Gasteiger partial charge is 0.261 e. The lowest BCUT2D eigenvalue weighted by Gasteiger charge is -2.30. The van der Waals surface area contributed by atoms with Crippen LogP contribution in [0.5, 0.6) is 0 Å². The van der Waals surface area contributed by atoms with Crippen molar-refractivity contribution < 1.29 is 0 Å². The van der Waals surface area contributed by atoms with Gasteiger partial charge in [-0.1, -0.05) is 61.5 Å². The maximum Gasteiger partial charge on any atom is 0.0372 e. The van der Waals surface area contributed by atoms with Gasteiger partial charge in [0, 0.05) is 17.8 Å². The summed E-state index contributed by atoms with van der Waals surface area (Å²) in [5, 5.41) is 5.71. The minimum atomic E-state index is 0.444. The molecule has 1 radical (unpaired) electrons. The first-order valence-electron chi connectivity index (χ1n) is 11.4. The monoisotopic (exact) mass is 392 g/mol. The van der Waals surface area contributed by atoms with Gasteiger partial charge in [0.15, 0.2) is 0 Å². The zero-order chi connectivity index (χ0) is 20.5. The predicted octanol–water partition coefficient (Wildman–Crippen LogP) is 5.14. The molecule has 1 heteroatoms. The fourth-order valence-corrected chi connectivity index (χ4v) is 5.34. The van der Waals surface area contributed by atoms with E-state index in [1.54, 1.807) is 11.1 Å². The predicted molar refractivity (Wildman–Crippen MR) is 125 cm³/mol. The molecular formula is C29H30N. The molecule has 151 valence electrons. The van der Waals surface area contributed by atoms with E-state index in [1.165, 1.54) is 45.7 Å². The molecule has 0 saturated carbocycles. The molecule has 2 aromatic carbocycles. The van der Waals surface area contributed by atoms with E-state index in [9.17, 15) is 0 Å². The molecule has 1 nitrogen and oxygen atoms in total. The molecule has 0 fully saturated rings. The van der Waals surface area contributed by atoms with Crippen LogP contribution in [0.2, 0.25) is 0 Å². The summed E-state index contributed by atoms with van der Waals surface area (Å²) >= 11 is 0. The highest BCUT2D eigenvalue weighted by atomic mass is 14.7. The lowest BCUT2D eigenvalue weighted by molar-refractivity contribution is 0.511. The number of aryl methyl sites for hydroxylation is 2. The van der Waals surface area contributed by atoms with Crippen molar-refractivity contribution in [2.45, 2.75) is 51.9 Å². The number of aromatic nitrogens is 1. The van der Waals surface area contributed by atoms with Crippen molar-refractivity contribution in [3.05, 3.63) is 104 Å². The minimum absolute atomic E-state index is 0.444. The van der Waals surface area contributed by atoms with Crippen LogP contribution < -0.4 is 10.4 Å². The van der Waals surface area contributed by atoms with Crippen LogP contribution in [-0.2, 0) is 12.8 Å². The summed E-state index contributed by atoms with van der Waals surface area (Å²) < 4.78 is 0. The van der Waals surface area contributed by atoms with E-state index in [2.05, 4.69) is 85.9 Å². The summed E-state index contributed by atoms with van der Waals surface area (Å²) in [5.74, 6) is 0.964. The number of rotatable bonds is 5. The van der Waals surface area contributed by atoms with E-state index in [1.807, 2.05) is 6.20 Å². The number of pyridine rings is 1. The molecule has 2 unspecified atom stereocenters. The van der Waals surface area contributed by atoms with Crippen molar-refractivity contribution in [2.75, 3.05) is 0 Å². The third-order valence-electron chi connectivity index (χ3n) is 6.96. The Balaban J connectivity index is 1.61. The van der Waals surface area contributed by atoms with Crippen molar-refractivity contribution >= 4 is 12.2 Å². The highest BCUT2D eigenvalue weighted by Gasteiger charge is 2.26. The van der Waals surface area contributed by atoms with Crippen LogP contribution in [0.15, 0.2) is 54.7 Å². The van der Waals surface area contributed by atoms with Gasteiger partial charge in [0.2, 0.25) is 0 Å². The molecule has 0 bridgehead atoms. The molecule has 5 rings (SSSR count). The van der Waals surface area contributed by atoms with Crippen LogP contribution in [0.3, 0.4) is 0 Å². The van der Waals surface area contributed by atoms with Crippen LogP contribution in [0.25, 0.3) is 12.2 Å². The number of hydrogen-bond acceptors (Lipinski definition) is 1. The minimum Gasteiger partial charge on any atom is -0.261 e. The summed E-state index contributed by atoms with van der Waals surface area (Å²) in [4.78, 5) is 4.50. The van der Waals surface area contributed by atoms with Crippen LogP contribution in [0.4, 0.5) is 0 Å². The van der Waals surface area contributed by atoms with Crippen molar-refractivity contribution in [1.82, 2.24) is 4.98 Å². The van der Waals surface area contributed by atoms with E-state index in [-0.39, 0.29) is 0 Å². The SMILES string of the molecule is C[CH]C(CCc1ccc(C)nc1)C1C=c2ccccc2=c2ccc3c(c21)CCCC=3. The van der Waals surface area contributed by atoms with Crippen LogP contribution in [-0.4, -0.2) is 4.98 Å². The molecule has 0 amide bonds. The maximum absolute atomic E-state index is 4.50. The van der Waals surface area contributed by atoms with Gasteiger partial charge in [-0.15, -0.1) is 0 Å². The van der Waals surface area contributed by atoms with Crippen LogP contribution >= 0.6 is 0 Å². The zero-order valence-electron chi connectivity index (χ0n) is 18.1.